The predicted molar refractivity (Wildman–Crippen MR) is 153 cm³/mol. The van der Waals surface area contributed by atoms with Gasteiger partial charge in [-0.25, -0.2) is 0 Å². The highest BCUT2D eigenvalue weighted by molar-refractivity contribution is 6.50. The van der Waals surface area contributed by atoms with Crippen LogP contribution in [0.1, 0.15) is 25.0 Å². The maximum Gasteiger partial charge on any atom is 0.259 e. The van der Waals surface area contributed by atoms with E-state index in [1.54, 1.807) is 42.7 Å². The molecule has 1 atom stereocenters. The van der Waals surface area contributed by atoms with Crippen molar-refractivity contribution < 1.29 is 24.3 Å². The van der Waals surface area contributed by atoms with Gasteiger partial charge in [0.15, 0.2) is 0 Å². The minimum atomic E-state index is -0.693. The number of anilines is 2. The van der Waals surface area contributed by atoms with Crippen molar-refractivity contribution in [3.63, 3.8) is 0 Å². The van der Waals surface area contributed by atoms with E-state index in [-0.39, 0.29) is 29.5 Å². The molecule has 206 valence electrons. The number of imide groups is 1. The van der Waals surface area contributed by atoms with E-state index >= 15 is 0 Å². The van der Waals surface area contributed by atoms with Gasteiger partial charge in [-0.15, -0.1) is 0 Å². The van der Waals surface area contributed by atoms with Gasteiger partial charge in [0.05, 0.1) is 17.3 Å². The number of likely N-dealkylation sites (N-methyl/N-ethyl adjacent to an activating group) is 1. The lowest BCUT2D eigenvalue weighted by molar-refractivity contribution is -0.123. The highest BCUT2D eigenvalue weighted by atomic mass is 16.3. The van der Waals surface area contributed by atoms with Crippen LogP contribution < -0.4 is 16.0 Å². The highest BCUT2D eigenvalue weighted by Gasteiger charge is 2.35. The number of nitrogens with one attached hydrogen (secondary N) is 4. The molecule has 11 heteroatoms. The zero-order valence-corrected chi connectivity index (χ0v) is 22.6. The third-order valence-electron chi connectivity index (χ3n) is 6.66. The number of hydrogen-bond acceptors (Lipinski definition) is 6. The molecule has 0 spiro atoms. The van der Waals surface area contributed by atoms with E-state index < -0.39 is 17.9 Å². The molecule has 1 aliphatic heterocycles. The van der Waals surface area contributed by atoms with E-state index in [0.29, 0.717) is 39.8 Å². The molecule has 0 bridgehead atoms. The first-order valence-corrected chi connectivity index (χ1v) is 12.7. The molecule has 1 unspecified atom stereocenters. The van der Waals surface area contributed by atoms with Crippen molar-refractivity contribution in [3.8, 4) is 0 Å². The Labute approximate surface area is 229 Å². The van der Waals surface area contributed by atoms with Crippen LogP contribution in [0.15, 0.2) is 48.8 Å². The van der Waals surface area contributed by atoms with Gasteiger partial charge in [0, 0.05) is 83.6 Å². The number of nitrogens with zero attached hydrogens (tertiary/aromatic N) is 2. The van der Waals surface area contributed by atoms with E-state index in [1.807, 2.05) is 29.6 Å². The summed E-state index contributed by atoms with van der Waals surface area (Å²) in [5.41, 5.74) is 3.91. The molecule has 5 N–H and O–H groups in total. The standard InChI is InChI=1S/C29H30N6O5/c1-15(36)31-17-5-7-24-20(9-17)22(11-30-24)26-27(29(40)33-28(26)39)23-14-35(13-19(38)12-34(3)4)25-8-6-18(10-21(23)25)32-16(2)37/h5-11,14,19,30,38H,12-13H2,1-4H3,(H,31,36)(H,32,37)(H,33,39,40). The number of carbonyl (C=O) groups is 4. The molecule has 4 amide bonds. The number of benzene rings is 2. The topological polar surface area (TPSA) is 149 Å². The fraction of sp³-hybridized carbons (Fsp3) is 0.241. The smallest absolute Gasteiger partial charge is 0.259 e. The second-order valence-electron chi connectivity index (χ2n) is 10.2. The number of aromatic nitrogens is 2. The van der Waals surface area contributed by atoms with Crippen LogP contribution in [0.2, 0.25) is 0 Å². The maximum atomic E-state index is 13.3. The van der Waals surface area contributed by atoms with Gasteiger partial charge < -0.3 is 30.2 Å². The van der Waals surface area contributed by atoms with E-state index in [0.717, 1.165) is 11.0 Å². The van der Waals surface area contributed by atoms with Crippen LogP contribution in [0.3, 0.4) is 0 Å². The SMILES string of the molecule is CC(=O)Nc1ccc2[nH]cc(C3=C(c4cn(CC(O)CN(C)C)c5ccc(NC(C)=O)cc45)C(=O)NC3=O)c2c1. The maximum absolute atomic E-state index is 13.3. The Bertz CT molecular complexity index is 1730. The van der Waals surface area contributed by atoms with Crippen molar-refractivity contribution >= 4 is 68.0 Å². The highest BCUT2D eigenvalue weighted by Crippen LogP contribution is 2.39. The van der Waals surface area contributed by atoms with E-state index in [4.69, 9.17) is 0 Å². The largest absolute Gasteiger partial charge is 0.390 e. The number of carbonyl (C=O) groups excluding carboxylic acids is 4. The summed E-state index contributed by atoms with van der Waals surface area (Å²) < 4.78 is 1.85. The van der Waals surface area contributed by atoms with Crippen LogP contribution in [0.25, 0.3) is 33.0 Å². The van der Waals surface area contributed by atoms with Gasteiger partial charge in [-0.1, -0.05) is 0 Å². The molecular weight excluding hydrogens is 512 g/mol. The van der Waals surface area contributed by atoms with Crippen molar-refractivity contribution in [3.05, 3.63) is 59.9 Å². The van der Waals surface area contributed by atoms with Gasteiger partial charge in [-0.3, -0.25) is 24.5 Å². The van der Waals surface area contributed by atoms with Gasteiger partial charge in [-0.05, 0) is 50.5 Å². The van der Waals surface area contributed by atoms with Crippen LogP contribution in [0.5, 0.6) is 0 Å². The Morgan fingerprint density at radius 2 is 1.52 bits per heavy atom. The number of hydrogen-bond donors (Lipinski definition) is 5. The third kappa shape index (κ3) is 5.12. The molecule has 1 aliphatic rings. The number of H-pyrrole nitrogens is 1. The van der Waals surface area contributed by atoms with Crippen molar-refractivity contribution in [2.24, 2.45) is 0 Å². The molecule has 0 saturated heterocycles. The third-order valence-corrected chi connectivity index (χ3v) is 6.66. The van der Waals surface area contributed by atoms with Crippen molar-refractivity contribution in [2.75, 3.05) is 31.3 Å². The van der Waals surface area contributed by atoms with Crippen LogP contribution >= 0.6 is 0 Å². The molecule has 2 aromatic heterocycles. The second kappa shape index (κ2) is 10.4. The summed E-state index contributed by atoms with van der Waals surface area (Å²) in [5, 5.41) is 19.9. The minimum Gasteiger partial charge on any atom is -0.390 e. The molecule has 0 fully saturated rings. The van der Waals surface area contributed by atoms with Crippen LogP contribution in [-0.4, -0.2) is 69.9 Å². The number of fused-ring (bicyclic) bond motifs is 2. The molecule has 5 rings (SSSR count). The zero-order valence-electron chi connectivity index (χ0n) is 22.6. The first-order valence-electron chi connectivity index (χ1n) is 12.7. The predicted octanol–water partition coefficient (Wildman–Crippen LogP) is 2.53. The molecular formula is C29H30N6O5. The van der Waals surface area contributed by atoms with Gasteiger partial charge in [0.25, 0.3) is 11.8 Å². The van der Waals surface area contributed by atoms with Crippen LogP contribution in [-0.2, 0) is 25.7 Å². The molecule has 4 aromatic rings. The van der Waals surface area contributed by atoms with Crippen LogP contribution in [0, 0.1) is 0 Å². The fourth-order valence-electron chi connectivity index (χ4n) is 5.21. The molecule has 40 heavy (non-hydrogen) atoms. The Kier molecular flexibility index (Phi) is 7.01. The molecule has 0 saturated carbocycles. The molecule has 3 heterocycles. The fourth-order valence-corrected chi connectivity index (χ4v) is 5.21. The Hall–Kier alpha value is -4.74. The molecule has 2 aromatic carbocycles. The number of aliphatic hydroxyl groups excluding tert-OH is 1. The zero-order chi connectivity index (χ0) is 28.7. The number of aliphatic hydroxyl groups is 1. The average molecular weight is 543 g/mol. The Morgan fingerprint density at radius 3 is 2.15 bits per heavy atom. The first kappa shape index (κ1) is 26.9. The van der Waals surface area contributed by atoms with Gasteiger partial charge >= 0.3 is 0 Å². The Balaban J connectivity index is 1.73. The molecule has 0 aliphatic carbocycles. The lowest BCUT2D eigenvalue weighted by Gasteiger charge is -2.17. The van der Waals surface area contributed by atoms with Gasteiger partial charge in [0.1, 0.15) is 0 Å². The quantitative estimate of drug-likeness (QED) is 0.216. The lowest BCUT2D eigenvalue weighted by Crippen LogP contribution is -2.29. The molecule has 0 radical (unpaired) electrons. The second-order valence-corrected chi connectivity index (χ2v) is 10.2. The van der Waals surface area contributed by atoms with Gasteiger partial charge in [-0.2, -0.15) is 0 Å². The summed E-state index contributed by atoms with van der Waals surface area (Å²) in [6, 6.07) is 10.6. The number of amides is 4. The lowest BCUT2D eigenvalue weighted by atomic mass is 9.95. The minimum absolute atomic E-state index is 0.182. The number of aromatic amines is 1. The normalized spacial score (nSPS) is 14.3. The molecule has 11 nitrogen and oxygen atoms in total. The summed E-state index contributed by atoms with van der Waals surface area (Å²) in [7, 11) is 3.73. The van der Waals surface area contributed by atoms with Crippen molar-refractivity contribution in [1.82, 2.24) is 19.8 Å². The Morgan fingerprint density at radius 1 is 0.925 bits per heavy atom. The number of rotatable bonds is 8. The average Bonchev–Trinajstić information content (AvgIpc) is 3.50. The first-order chi connectivity index (χ1) is 19.0. The van der Waals surface area contributed by atoms with Crippen molar-refractivity contribution in [1.29, 1.82) is 0 Å². The van der Waals surface area contributed by atoms with E-state index in [2.05, 4.69) is 20.9 Å². The van der Waals surface area contributed by atoms with E-state index in [9.17, 15) is 24.3 Å². The summed E-state index contributed by atoms with van der Waals surface area (Å²) in [5.74, 6) is -1.57. The summed E-state index contributed by atoms with van der Waals surface area (Å²) in [4.78, 5) is 55.0. The summed E-state index contributed by atoms with van der Waals surface area (Å²) in [6.45, 7) is 3.49. The van der Waals surface area contributed by atoms with Crippen LogP contribution in [0.4, 0.5) is 11.4 Å². The van der Waals surface area contributed by atoms with Crippen molar-refractivity contribution in [2.45, 2.75) is 26.5 Å². The summed E-state index contributed by atoms with van der Waals surface area (Å²) in [6.07, 6.45) is 2.73. The monoisotopic (exact) mass is 542 g/mol. The summed E-state index contributed by atoms with van der Waals surface area (Å²) >= 11 is 0. The van der Waals surface area contributed by atoms with Gasteiger partial charge in [0.2, 0.25) is 11.8 Å². The van der Waals surface area contributed by atoms with E-state index in [1.165, 1.54) is 13.8 Å².